The van der Waals surface area contributed by atoms with E-state index in [4.69, 9.17) is 10.5 Å². The standard InChI is InChI=1S/C23H21N3O2S/c24-23(27)17-7-10-22(26-14-17)28-19-8-5-16(6-9-19)11-12-25-13-18-15-29-21-4-2-1-3-20(18)21/h1-10,14-15,25H,11-13H2,(H2,24,27). The number of pyridine rings is 1. The number of thiophene rings is 1. The number of rotatable bonds is 8. The van der Waals surface area contributed by atoms with E-state index in [0.717, 1.165) is 19.5 Å². The molecule has 29 heavy (non-hydrogen) atoms. The van der Waals surface area contributed by atoms with Crippen LogP contribution in [0.1, 0.15) is 21.5 Å². The number of hydrogen-bond donors (Lipinski definition) is 2. The summed E-state index contributed by atoms with van der Waals surface area (Å²) in [6.07, 6.45) is 2.35. The molecular weight excluding hydrogens is 382 g/mol. The highest BCUT2D eigenvalue weighted by Gasteiger charge is 2.04. The SMILES string of the molecule is NC(=O)c1ccc(Oc2ccc(CCNCc3csc4ccccc34)cc2)nc1. The number of ether oxygens (including phenoxy) is 1. The summed E-state index contributed by atoms with van der Waals surface area (Å²) in [6.45, 7) is 1.78. The van der Waals surface area contributed by atoms with Crippen LogP contribution in [0, 0.1) is 0 Å². The van der Waals surface area contributed by atoms with Gasteiger partial charge in [0.15, 0.2) is 0 Å². The van der Waals surface area contributed by atoms with Gasteiger partial charge in [-0.3, -0.25) is 4.79 Å². The van der Waals surface area contributed by atoms with Gasteiger partial charge < -0.3 is 15.8 Å². The van der Waals surface area contributed by atoms with E-state index in [1.165, 1.54) is 27.4 Å². The summed E-state index contributed by atoms with van der Waals surface area (Å²) in [7, 11) is 0. The molecular formula is C23H21N3O2S. The molecule has 5 nitrogen and oxygen atoms in total. The molecule has 2 heterocycles. The van der Waals surface area contributed by atoms with Crippen molar-refractivity contribution in [1.29, 1.82) is 0 Å². The van der Waals surface area contributed by atoms with Crippen molar-refractivity contribution < 1.29 is 9.53 Å². The Hall–Kier alpha value is -3.22. The molecule has 0 aliphatic rings. The fraction of sp³-hybridized carbons (Fsp3) is 0.130. The predicted octanol–water partition coefficient (Wildman–Crippen LogP) is 4.52. The minimum Gasteiger partial charge on any atom is -0.439 e. The lowest BCUT2D eigenvalue weighted by atomic mass is 10.1. The number of nitrogens with one attached hydrogen (secondary N) is 1. The number of carbonyl (C=O) groups is 1. The lowest BCUT2D eigenvalue weighted by Crippen LogP contribution is -2.16. The third kappa shape index (κ3) is 4.80. The van der Waals surface area contributed by atoms with Crippen LogP contribution in [0.5, 0.6) is 11.6 Å². The summed E-state index contributed by atoms with van der Waals surface area (Å²) in [5.74, 6) is 0.618. The summed E-state index contributed by atoms with van der Waals surface area (Å²) in [6, 6.07) is 19.7. The van der Waals surface area contributed by atoms with Crippen LogP contribution >= 0.6 is 11.3 Å². The first-order valence-electron chi connectivity index (χ1n) is 9.37. The summed E-state index contributed by atoms with van der Waals surface area (Å²) >= 11 is 1.79. The van der Waals surface area contributed by atoms with Gasteiger partial charge in [-0.2, -0.15) is 0 Å². The molecule has 0 radical (unpaired) electrons. The van der Waals surface area contributed by atoms with Crippen LogP contribution in [-0.4, -0.2) is 17.4 Å². The van der Waals surface area contributed by atoms with Gasteiger partial charge in [0.2, 0.25) is 11.8 Å². The highest BCUT2D eigenvalue weighted by atomic mass is 32.1. The van der Waals surface area contributed by atoms with Crippen molar-refractivity contribution in [2.75, 3.05) is 6.54 Å². The third-order valence-corrected chi connectivity index (χ3v) is 5.65. The quantitative estimate of drug-likeness (QED) is 0.424. The molecule has 2 aromatic heterocycles. The largest absolute Gasteiger partial charge is 0.439 e. The van der Waals surface area contributed by atoms with Gasteiger partial charge in [-0.15, -0.1) is 11.3 Å². The van der Waals surface area contributed by atoms with E-state index >= 15 is 0 Å². The Kier molecular flexibility index (Phi) is 5.84. The van der Waals surface area contributed by atoms with Crippen LogP contribution in [0.15, 0.2) is 72.2 Å². The highest BCUT2D eigenvalue weighted by Crippen LogP contribution is 2.25. The maximum atomic E-state index is 11.1. The lowest BCUT2D eigenvalue weighted by molar-refractivity contribution is 0.1000. The average molecular weight is 404 g/mol. The predicted molar refractivity (Wildman–Crippen MR) is 117 cm³/mol. The number of primary amides is 1. The summed E-state index contributed by atoms with van der Waals surface area (Å²) in [4.78, 5) is 15.2. The van der Waals surface area contributed by atoms with Crippen LogP contribution in [0.2, 0.25) is 0 Å². The summed E-state index contributed by atoms with van der Waals surface area (Å²) < 4.78 is 7.04. The maximum Gasteiger partial charge on any atom is 0.250 e. The van der Waals surface area contributed by atoms with Gasteiger partial charge in [-0.1, -0.05) is 30.3 Å². The molecule has 0 bridgehead atoms. The van der Waals surface area contributed by atoms with Crippen LogP contribution in [0.25, 0.3) is 10.1 Å². The molecule has 0 saturated carbocycles. The number of amides is 1. The Balaban J connectivity index is 1.26. The molecule has 3 N–H and O–H groups in total. The number of benzene rings is 2. The average Bonchev–Trinajstić information content (AvgIpc) is 3.16. The molecule has 0 fully saturated rings. The van der Waals surface area contributed by atoms with Crippen molar-refractivity contribution in [2.45, 2.75) is 13.0 Å². The molecule has 6 heteroatoms. The fourth-order valence-electron chi connectivity index (χ4n) is 3.06. The Morgan fingerprint density at radius 3 is 2.66 bits per heavy atom. The Morgan fingerprint density at radius 1 is 1.07 bits per heavy atom. The van der Waals surface area contributed by atoms with Gasteiger partial charge in [0.05, 0.1) is 5.56 Å². The van der Waals surface area contributed by atoms with E-state index in [2.05, 4.69) is 52.1 Å². The number of hydrogen-bond acceptors (Lipinski definition) is 5. The first kappa shape index (κ1) is 19.1. The Labute approximate surface area is 173 Å². The number of carbonyl (C=O) groups excluding carboxylic acids is 1. The smallest absolute Gasteiger partial charge is 0.250 e. The van der Waals surface area contributed by atoms with Gasteiger partial charge in [-0.05, 0) is 59.1 Å². The first-order valence-corrected chi connectivity index (χ1v) is 10.3. The molecule has 0 aliphatic heterocycles. The molecule has 4 rings (SSSR count). The van der Waals surface area contributed by atoms with Crippen LogP contribution in [-0.2, 0) is 13.0 Å². The van der Waals surface area contributed by atoms with Gasteiger partial charge in [-0.25, -0.2) is 4.98 Å². The fourth-order valence-corrected chi connectivity index (χ4v) is 4.02. The molecule has 4 aromatic rings. The van der Waals surface area contributed by atoms with Crippen molar-refractivity contribution in [2.24, 2.45) is 5.73 Å². The molecule has 0 saturated heterocycles. The molecule has 1 amide bonds. The van der Waals surface area contributed by atoms with E-state index in [1.54, 1.807) is 23.5 Å². The Bertz CT molecular complexity index is 1110. The van der Waals surface area contributed by atoms with E-state index in [0.29, 0.717) is 17.2 Å². The van der Waals surface area contributed by atoms with Gasteiger partial charge in [0, 0.05) is 23.5 Å². The second-order valence-corrected chi connectivity index (χ2v) is 7.59. The van der Waals surface area contributed by atoms with E-state index < -0.39 is 5.91 Å². The molecule has 0 atom stereocenters. The van der Waals surface area contributed by atoms with E-state index in [1.807, 2.05) is 12.1 Å². The van der Waals surface area contributed by atoms with Crippen LogP contribution in [0.4, 0.5) is 0 Å². The normalized spacial score (nSPS) is 10.9. The third-order valence-electron chi connectivity index (χ3n) is 4.63. The second kappa shape index (κ2) is 8.86. The van der Waals surface area contributed by atoms with Crippen molar-refractivity contribution >= 4 is 27.3 Å². The van der Waals surface area contributed by atoms with Gasteiger partial charge in [0.1, 0.15) is 5.75 Å². The van der Waals surface area contributed by atoms with Gasteiger partial charge >= 0.3 is 0 Å². The first-order chi connectivity index (χ1) is 14.2. The topological polar surface area (TPSA) is 77.2 Å². The number of fused-ring (bicyclic) bond motifs is 1. The molecule has 2 aromatic carbocycles. The maximum absolute atomic E-state index is 11.1. The van der Waals surface area contributed by atoms with Gasteiger partial charge in [0.25, 0.3) is 0 Å². The molecule has 0 aliphatic carbocycles. The van der Waals surface area contributed by atoms with Crippen molar-refractivity contribution in [1.82, 2.24) is 10.3 Å². The van der Waals surface area contributed by atoms with Crippen molar-refractivity contribution in [3.05, 3.63) is 88.9 Å². The summed E-state index contributed by atoms with van der Waals surface area (Å²) in [5.41, 5.74) is 8.15. The van der Waals surface area contributed by atoms with E-state index in [-0.39, 0.29) is 0 Å². The van der Waals surface area contributed by atoms with Crippen molar-refractivity contribution in [3.8, 4) is 11.6 Å². The number of aromatic nitrogens is 1. The number of nitrogens with two attached hydrogens (primary N) is 1. The molecule has 0 spiro atoms. The second-order valence-electron chi connectivity index (χ2n) is 6.68. The zero-order chi connectivity index (χ0) is 20.1. The van der Waals surface area contributed by atoms with E-state index in [9.17, 15) is 4.79 Å². The zero-order valence-electron chi connectivity index (χ0n) is 15.8. The highest BCUT2D eigenvalue weighted by molar-refractivity contribution is 7.17. The monoisotopic (exact) mass is 403 g/mol. The van der Waals surface area contributed by atoms with Crippen molar-refractivity contribution in [3.63, 3.8) is 0 Å². The minimum absolute atomic E-state index is 0.357. The zero-order valence-corrected chi connectivity index (χ0v) is 16.6. The lowest BCUT2D eigenvalue weighted by Gasteiger charge is -2.07. The minimum atomic E-state index is -0.505. The molecule has 0 unspecified atom stereocenters. The number of nitrogens with zero attached hydrogens (tertiary/aromatic N) is 1. The Morgan fingerprint density at radius 2 is 1.90 bits per heavy atom. The summed E-state index contributed by atoms with van der Waals surface area (Å²) in [5, 5.41) is 7.09. The van der Waals surface area contributed by atoms with Crippen LogP contribution < -0.4 is 15.8 Å². The molecule has 146 valence electrons. The van der Waals surface area contributed by atoms with Crippen LogP contribution in [0.3, 0.4) is 0 Å².